The van der Waals surface area contributed by atoms with Crippen LogP contribution in [0.3, 0.4) is 0 Å². The number of aliphatic hydroxyl groups excluding tert-OH is 2. The Balaban J connectivity index is 3.34. The lowest BCUT2D eigenvalue weighted by atomic mass is 10.0. The number of ether oxygens (including phenoxy) is 1. The van der Waals surface area contributed by atoms with Crippen molar-refractivity contribution in [2.24, 2.45) is 0 Å². The van der Waals surface area contributed by atoms with Gasteiger partial charge in [-0.2, -0.15) is 0 Å². The molecule has 0 radical (unpaired) electrons. The fraction of sp³-hybridized carbons (Fsp3) is 0.861. The number of nitrogens with one attached hydrogen (secondary N) is 1. The maximum Gasteiger partial charge on any atom is 0.305 e. The number of aliphatic hydroxyl groups is 2. The first-order valence-corrected chi connectivity index (χ1v) is 34.9. The number of amides is 1. The third kappa shape index (κ3) is 63.0. The monoisotopic (exact) mass is 1090 g/mol. The Labute approximate surface area is 486 Å². The molecule has 6 heteroatoms. The van der Waals surface area contributed by atoms with Crippen LogP contribution in [-0.4, -0.2) is 47.4 Å². The van der Waals surface area contributed by atoms with Crippen molar-refractivity contribution in [2.45, 2.75) is 386 Å². The van der Waals surface area contributed by atoms with Crippen LogP contribution >= 0.6 is 0 Å². The normalized spacial score (nSPS) is 12.8. The van der Waals surface area contributed by atoms with Gasteiger partial charge in [0.2, 0.25) is 5.91 Å². The first-order chi connectivity index (χ1) is 38.5. The maximum atomic E-state index is 12.4. The molecule has 0 spiro atoms. The average Bonchev–Trinajstić information content (AvgIpc) is 3.44. The van der Waals surface area contributed by atoms with E-state index in [0.717, 1.165) is 51.4 Å². The molecular weight excluding hydrogens is 959 g/mol. The number of hydrogen-bond donors (Lipinski definition) is 3. The van der Waals surface area contributed by atoms with Gasteiger partial charge in [-0.15, -0.1) is 0 Å². The van der Waals surface area contributed by atoms with Crippen molar-refractivity contribution < 1.29 is 24.5 Å². The van der Waals surface area contributed by atoms with Gasteiger partial charge < -0.3 is 20.3 Å². The van der Waals surface area contributed by atoms with Crippen molar-refractivity contribution in [3.05, 3.63) is 48.6 Å². The minimum atomic E-state index is -0.841. The molecule has 6 nitrogen and oxygen atoms in total. The van der Waals surface area contributed by atoms with E-state index in [1.807, 2.05) is 6.08 Å². The quantitative estimate of drug-likeness (QED) is 0.0320. The Morgan fingerprint density at radius 1 is 0.359 bits per heavy atom. The maximum absolute atomic E-state index is 12.4. The van der Waals surface area contributed by atoms with Gasteiger partial charge in [-0.1, -0.05) is 319 Å². The first kappa shape index (κ1) is 75.8. The topological polar surface area (TPSA) is 95.9 Å². The fourth-order valence-corrected chi connectivity index (χ4v) is 10.7. The number of unbranched alkanes of at least 4 members (excludes halogenated alkanes) is 48. The van der Waals surface area contributed by atoms with E-state index in [9.17, 15) is 19.8 Å². The van der Waals surface area contributed by atoms with Gasteiger partial charge >= 0.3 is 5.97 Å². The molecule has 0 heterocycles. The van der Waals surface area contributed by atoms with E-state index in [-0.39, 0.29) is 18.5 Å². The van der Waals surface area contributed by atoms with Crippen LogP contribution in [0.5, 0.6) is 0 Å². The standard InChI is InChI=1S/C72H135NO5/c1-3-5-7-9-11-13-15-16-38-42-46-50-54-58-62-66-72(77)78-67-63-59-55-51-47-43-40-37-35-33-31-29-27-25-23-21-19-17-18-20-22-24-26-28-30-32-34-36-39-41-45-49-53-57-61-65-71(76)73-69(68-74)70(75)64-60-56-52-48-44-14-12-10-8-6-4-2/h11,13,16,19,21,38,60,64,69-70,74-75H,3-10,12,14-15,17-18,20,22-37,39-59,61-63,65-68H2,1-2H3,(H,73,76)/b13-11-,21-19-,38-16-,64-60+. The summed E-state index contributed by atoms with van der Waals surface area (Å²) >= 11 is 0. The van der Waals surface area contributed by atoms with Crippen molar-refractivity contribution in [3.63, 3.8) is 0 Å². The van der Waals surface area contributed by atoms with Gasteiger partial charge in [0.15, 0.2) is 0 Å². The second-order valence-corrected chi connectivity index (χ2v) is 23.9. The van der Waals surface area contributed by atoms with E-state index in [2.05, 4.69) is 55.6 Å². The molecular formula is C72H135NO5. The molecule has 1 amide bonds. The highest BCUT2D eigenvalue weighted by molar-refractivity contribution is 5.76. The zero-order valence-electron chi connectivity index (χ0n) is 52.4. The number of hydrogen-bond acceptors (Lipinski definition) is 5. The molecule has 78 heavy (non-hydrogen) atoms. The number of carbonyl (C=O) groups excluding carboxylic acids is 2. The summed E-state index contributed by atoms with van der Waals surface area (Å²) in [7, 11) is 0. The molecule has 2 atom stereocenters. The van der Waals surface area contributed by atoms with Crippen molar-refractivity contribution in [1.82, 2.24) is 5.32 Å². The zero-order chi connectivity index (χ0) is 56.4. The Morgan fingerprint density at radius 2 is 0.641 bits per heavy atom. The van der Waals surface area contributed by atoms with Gasteiger partial charge in [0.25, 0.3) is 0 Å². The third-order valence-corrected chi connectivity index (χ3v) is 16.1. The van der Waals surface area contributed by atoms with E-state index < -0.39 is 12.1 Å². The lowest BCUT2D eigenvalue weighted by molar-refractivity contribution is -0.143. The summed E-state index contributed by atoms with van der Waals surface area (Å²) in [4.78, 5) is 24.5. The Morgan fingerprint density at radius 3 is 1.01 bits per heavy atom. The molecule has 3 N–H and O–H groups in total. The van der Waals surface area contributed by atoms with E-state index >= 15 is 0 Å². The molecule has 0 saturated heterocycles. The van der Waals surface area contributed by atoms with Crippen LogP contribution in [-0.2, 0) is 14.3 Å². The van der Waals surface area contributed by atoms with Gasteiger partial charge in [0.1, 0.15) is 0 Å². The number of carbonyl (C=O) groups is 2. The molecule has 0 bridgehead atoms. The number of esters is 1. The van der Waals surface area contributed by atoms with Gasteiger partial charge in [0.05, 0.1) is 25.4 Å². The summed E-state index contributed by atoms with van der Waals surface area (Å²) in [6, 6.07) is -0.624. The zero-order valence-corrected chi connectivity index (χ0v) is 52.4. The van der Waals surface area contributed by atoms with E-state index in [4.69, 9.17) is 4.74 Å². The summed E-state index contributed by atoms with van der Waals surface area (Å²) in [5.41, 5.74) is 0. The molecule has 0 aromatic heterocycles. The predicted octanol–water partition coefficient (Wildman–Crippen LogP) is 22.5. The van der Waals surface area contributed by atoms with Gasteiger partial charge in [0, 0.05) is 12.8 Å². The van der Waals surface area contributed by atoms with Crippen LogP contribution in [0.1, 0.15) is 373 Å². The molecule has 0 aliphatic heterocycles. The molecule has 0 fully saturated rings. The summed E-state index contributed by atoms with van der Waals surface area (Å²) in [6.45, 7) is 4.88. The minimum Gasteiger partial charge on any atom is -0.466 e. The highest BCUT2D eigenvalue weighted by Gasteiger charge is 2.18. The lowest BCUT2D eigenvalue weighted by Gasteiger charge is -2.20. The summed E-state index contributed by atoms with van der Waals surface area (Å²) in [6.07, 6.45) is 87.8. The minimum absolute atomic E-state index is 0.00583. The van der Waals surface area contributed by atoms with Crippen molar-refractivity contribution >= 4 is 11.9 Å². The van der Waals surface area contributed by atoms with E-state index in [1.54, 1.807) is 6.08 Å². The fourth-order valence-electron chi connectivity index (χ4n) is 10.7. The molecule has 0 aromatic carbocycles. The largest absolute Gasteiger partial charge is 0.466 e. The molecule has 458 valence electrons. The Bertz CT molecular complexity index is 1310. The Kier molecular flexibility index (Phi) is 65.4. The van der Waals surface area contributed by atoms with Crippen molar-refractivity contribution in [2.75, 3.05) is 13.2 Å². The highest BCUT2D eigenvalue weighted by Crippen LogP contribution is 2.18. The molecule has 0 aromatic rings. The lowest BCUT2D eigenvalue weighted by Crippen LogP contribution is -2.45. The SMILES string of the molecule is CCCCC/C=C\C/C=C\CCCCCCCC(=O)OCCCCCCCCCCCCCCCC/C=C\CCCCCCCCCCCCCCCCCCCC(=O)NC(CO)C(O)/C=C/CCCCCCCCCCC. The molecule has 0 aliphatic rings. The van der Waals surface area contributed by atoms with Gasteiger partial charge in [-0.05, 0) is 89.9 Å². The predicted molar refractivity (Wildman–Crippen MR) is 342 cm³/mol. The van der Waals surface area contributed by atoms with Crippen LogP contribution in [0.15, 0.2) is 48.6 Å². The number of allylic oxidation sites excluding steroid dienone is 7. The number of rotatable bonds is 65. The van der Waals surface area contributed by atoms with Crippen LogP contribution < -0.4 is 5.32 Å². The Hall–Kier alpha value is -2.18. The van der Waals surface area contributed by atoms with Crippen molar-refractivity contribution in [1.29, 1.82) is 0 Å². The van der Waals surface area contributed by atoms with Crippen LogP contribution in [0, 0.1) is 0 Å². The van der Waals surface area contributed by atoms with Crippen molar-refractivity contribution in [3.8, 4) is 0 Å². The van der Waals surface area contributed by atoms with Crippen LogP contribution in [0.25, 0.3) is 0 Å². The van der Waals surface area contributed by atoms with E-state index in [1.165, 1.54) is 295 Å². The highest BCUT2D eigenvalue weighted by atomic mass is 16.5. The first-order valence-electron chi connectivity index (χ1n) is 34.9. The molecule has 0 saturated carbocycles. The summed E-state index contributed by atoms with van der Waals surface area (Å²) in [5, 5.41) is 23.1. The van der Waals surface area contributed by atoms with Gasteiger partial charge in [-0.25, -0.2) is 0 Å². The second-order valence-electron chi connectivity index (χ2n) is 23.9. The third-order valence-electron chi connectivity index (χ3n) is 16.1. The molecule has 0 aliphatic carbocycles. The van der Waals surface area contributed by atoms with Crippen LogP contribution in [0.4, 0.5) is 0 Å². The van der Waals surface area contributed by atoms with Crippen LogP contribution in [0.2, 0.25) is 0 Å². The average molecular weight is 1090 g/mol. The van der Waals surface area contributed by atoms with Gasteiger partial charge in [-0.3, -0.25) is 9.59 Å². The van der Waals surface area contributed by atoms with E-state index in [0.29, 0.717) is 19.4 Å². The second kappa shape index (κ2) is 67.3. The smallest absolute Gasteiger partial charge is 0.305 e. The molecule has 2 unspecified atom stereocenters. The summed E-state index contributed by atoms with van der Waals surface area (Å²) in [5.74, 6) is -0.0589. The molecule has 0 rings (SSSR count). The summed E-state index contributed by atoms with van der Waals surface area (Å²) < 4.78 is 5.49.